The number of urea groups is 2. The lowest BCUT2D eigenvalue weighted by molar-refractivity contribution is 0.0666. The van der Waals surface area contributed by atoms with Crippen molar-refractivity contribution in [3.8, 4) is 11.5 Å². The lowest BCUT2D eigenvalue weighted by atomic mass is 10.1. The summed E-state index contributed by atoms with van der Waals surface area (Å²) >= 11 is 0. The van der Waals surface area contributed by atoms with Crippen molar-refractivity contribution in [1.82, 2.24) is 19.6 Å². The summed E-state index contributed by atoms with van der Waals surface area (Å²) in [4.78, 5) is 58.5. The first-order chi connectivity index (χ1) is 24.8. The molecule has 15 heteroatoms. The van der Waals surface area contributed by atoms with E-state index in [1.165, 1.54) is 0 Å². The van der Waals surface area contributed by atoms with E-state index in [-0.39, 0.29) is 48.7 Å². The van der Waals surface area contributed by atoms with Gasteiger partial charge in [0.15, 0.2) is 0 Å². The quantitative estimate of drug-likeness (QED) is 0.191. The number of nitrogens with zero attached hydrogens (tertiary/aromatic N) is 4. The monoisotopic (exact) mass is 762 g/mol. The third-order valence-electron chi connectivity index (χ3n) is 8.97. The van der Waals surface area contributed by atoms with Gasteiger partial charge >= 0.3 is 12.1 Å². The predicted molar refractivity (Wildman–Crippen MR) is 209 cm³/mol. The summed E-state index contributed by atoms with van der Waals surface area (Å²) in [6.07, 6.45) is 0. The minimum absolute atomic E-state index is 0. The molecule has 280 valence electrons. The van der Waals surface area contributed by atoms with Gasteiger partial charge in [0.2, 0.25) is 0 Å². The number of piperazine rings is 2. The van der Waals surface area contributed by atoms with Crippen LogP contribution in [0.3, 0.4) is 0 Å². The topological polar surface area (TPSA) is 167 Å². The molecule has 13 nitrogen and oxygen atoms in total. The van der Waals surface area contributed by atoms with Crippen molar-refractivity contribution in [1.29, 1.82) is 0 Å². The van der Waals surface area contributed by atoms with Gasteiger partial charge in [-0.25, -0.2) is 9.59 Å². The number of rotatable bonds is 8. The third kappa shape index (κ3) is 10.4. The molecule has 0 bridgehead atoms. The van der Waals surface area contributed by atoms with E-state index < -0.39 is 0 Å². The van der Waals surface area contributed by atoms with Crippen LogP contribution < -0.4 is 26.8 Å². The number of carbonyl (C=O) groups excluding carboxylic acids is 4. The van der Waals surface area contributed by atoms with Gasteiger partial charge in [-0.3, -0.25) is 9.59 Å². The van der Waals surface area contributed by atoms with Crippen molar-refractivity contribution in [3.63, 3.8) is 0 Å². The molecule has 0 unspecified atom stereocenters. The lowest BCUT2D eigenvalue weighted by Gasteiger charge is -2.34. The molecule has 0 spiro atoms. The zero-order valence-electron chi connectivity index (χ0n) is 29.1. The first kappa shape index (κ1) is 40.4. The average molecular weight is 764 g/mol. The molecule has 0 aromatic heterocycles. The summed E-state index contributed by atoms with van der Waals surface area (Å²) in [5, 5.41) is 5.82. The van der Waals surface area contributed by atoms with Crippen LogP contribution in [0.1, 0.15) is 31.8 Å². The van der Waals surface area contributed by atoms with Crippen LogP contribution in [0.15, 0.2) is 97.1 Å². The van der Waals surface area contributed by atoms with Gasteiger partial charge in [-0.2, -0.15) is 0 Å². The second kappa shape index (κ2) is 18.9. The fourth-order valence-corrected chi connectivity index (χ4v) is 6.01. The van der Waals surface area contributed by atoms with Gasteiger partial charge in [0.05, 0.1) is 0 Å². The molecule has 4 aromatic rings. The molecule has 2 fully saturated rings. The molecule has 6 amide bonds. The first-order valence-electron chi connectivity index (χ1n) is 17.0. The Hall–Kier alpha value is -5.34. The Balaban J connectivity index is 0.00000314. The van der Waals surface area contributed by atoms with E-state index in [1.807, 2.05) is 36.4 Å². The molecule has 2 aliphatic heterocycles. The average Bonchev–Trinajstić information content (AvgIpc) is 3.19. The molecule has 0 aliphatic carbocycles. The normalized spacial score (nSPS) is 14.0. The molecule has 4 aromatic carbocycles. The Morgan fingerprint density at radius 1 is 0.509 bits per heavy atom. The van der Waals surface area contributed by atoms with Crippen molar-refractivity contribution < 1.29 is 23.9 Å². The van der Waals surface area contributed by atoms with Crippen LogP contribution in [0.25, 0.3) is 0 Å². The van der Waals surface area contributed by atoms with Crippen LogP contribution in [0.2, 0.25) is 0 Å². The van der Waals surface area contributed by atoms with Gasteiger partial charge < -0.3 is 46.4 Å². The van der Waals surface area contributed by atoms with E-state index in [0.29, 0.717) is 99.4 Å². The summed E-state index contributed by atoms with van der Waals surface area (Å²) in [5.41, 5.74) is 15.7. The smallest absolute Gasteiger partial charge is 0.321 e. The van der Waals surface area contributed by atoms with Gasteiger partial charge in [-0.15, -0.1) is 24.8 Å². The van der Waals surface area contributed by atoms with Gasteiger partial charge in [0.25, 0.3) is 11.8 Å². The highest BCUT2D eigenvalue weighted by molar-refractivity contribution is 5.96. The van der Waals surface area contributed by atoms with Crippen LogP contribution >= 0.6 is 24.8 Å². The Kier molecular flexibility index (Phi) is 14.5. The zero-order valence-corrected chi connectivity index (χ0v) is 30.7. The highest BCUT2D eigenvalue weighted by Crippen LogP contribution is 2.25. The van der Waals surface area contributed by atoms with Crippen LogP contribution in [0.5, 0.6) is 11.5 Å². The Morgan fingerprint density at radius 2 is 0.849 bits per heavy atom. The van der Waals surface area contributed by atoms with E-state index >= 15 is 0 Å². The maximum atomic E-state index is 12.9. The number of carbonyl (C=O) groups is 4. The second-order valence-electron chi connectivity index (χ2n) is 12.4. The van der Waals surface area contributed by atoms with Crippen molar-refractivity contribution >= 4 is 60.1 Å². The summed E-state index contributed by atoms with van der Waals surface area (Å²) in [6, 6.07) is 28.2. The molecular formula is C38H44Cl2N8O5. The summed E-state index contributed by atoms with van der Waals surface area (Å²) in [5.74, 6) is 1.04. The van der Waals surface area contributed by atoms with Crippen molar-refractivity contribution in [3.05, 3.63) is 119 Å². The maximum Gasteiger partial charge on any atom is 0.321 e. The third-order valence-corrected chi connectivity index (χ3v) is 8.97. The molecule has 6 N–H and O–H groups in total. The van der Waals surface area contributed by atoms with Crippen LogP contribution in [-0.2, 0) is 13.1 Å². The molecular weight excluding hydrogens is 719 g/mol. The van der Waals surface area contributed by atoms with E-state index in [4.69, 9.17) is 16.2 Å². The molecule has 0 atom stereocenters. The number of hydrogen-bond acceptors (Lipinski definition) is 7. The SMILES string of the molecule is Cl.Cl.NCc1cccc(C(=O)N2CCN(C(=O)Nc3ccc(Oc4ccc(NC(=O)N5CCN(C(=O)c6cccc(CN)c6)CC5)cc4)cc3)CC2)c1. The second-order valence-corrected chi connectivity index (χ2v) is 12.4. The van der Waals surface area contributed by atoms with Gasteiger partial charge in [-0.05, 0) is 83.9 Å². The molecule has 53 heavy (non-hydrogen) atoms. The highest BCUT2D eigenvalue weighted by Gasteiger charge is 2.26. The predicted octanol–water partition coefficient (Wildman–Crippen LogP) is 5.22. The van der Waals surface area contributed by atoms with Crippen molar-refractivity contribution in [2.45, 2.75) is 13.1 Å². The van der Waals surface area contributed by atoms with Crippen LogP contribution in [0, 0.1) is 0 Å². The van der Waals surface area contributed by atoms with E-state index in [9.17, 15) is 19.2 Å². The van der Waals surface area contributed by atoms with E-state index in [2.05, 4.69) is 10.6 Å². The van der Waals surface area contributed by atoms with Crippen LogP contribution in [-0.4, -0.2) is 95.8 Å². The number of hydrogen-bond donors (Lipinski definition) is 4. The van der Waals surface area contributed by atoms with Gasteiger partial charge in [0.1, 0.15) is 11.5 Å². The lowest BCUT2D eigenvalue weighted by Crippen LogP contribution is -2.51. The number of halogens is 2. The Labute approximate surface area is 321 Å². The minimum Gasteiger partial charge on any atom is -0.457 e. The molecule has 0 saturated carbocycles. The van der Waals surface area contributed by atoms with Gasteiger partial charge in [-0.1, -0.05) is 24.3 Å². The van der Waals surface area contributed by atoms with Crippen molar-refractivity contribution in [2.75, 3.05) is 63.0 Å². The molecule has 2 aliphatic rings. The molecule has 6 rings (SSSR count). The van der Waals surface area contributed by atoms with Crippen molar-refractivity contribution in [2.24, 2.45) is 11.5 Å². The van der Waals surface area contributed by atoms with E-state index in [1.54, 1.807) is 80.3 Å². The minimum atomic E-state index is -0.234. The first-order valence-corrected chi connectivity index (χ1v) is 17.0. The zero-order chi connectivity index (χ0) is 35.7. The maximum absolute atomic E-state index is 12.9. The Bertz CT molecular complexity index is 1730. The number of anilines is 2. The number of ether oxygens (including phenoxy) is 1. The standard InChI is InChI=1S/C38H42N8O5.2ClH/c39-25-27-3-1-5-29(23-27)35(47)43-15-19-45(20-16-43)37(49)41-31-7-11-33(12-8-31)51-34-13-9-32(10-14-34)42-38(50)46-21-17-44(18-22-46)36(48)30-6-2-4-28(24-30)26-40;;/h1-14,23-24H,15-22,25-26,39-40H2,(H,41,49)(H,42,50);2*1H. The fourth-order valence-electron chi connectivity index (χ4n) is 6.01. The highest BCUT2D eigenvalue weighted by atomic mass is 35.5. The Morgan fingerprint density at radius 3 is 1.19 bits per heavy atom. The molecule has 0 radical (unpaired) electrons. The number of benzene rings is 4. The number of nitrogens with two attached hydrogens (primary N) is 2. The largest absolute Gasteiger partial charge is 0.457 e. The molecule has 2 saturated heterocycles. The number of nitrogens with one attached hydrogen (secondary N) is 2. The van der Waals surface area contributed by atoms with Gasteiger partial charge in [0, 0.05) is 87.9 Å². The fraction of sp³-hybridized carbons (Fsp3) is 0.263. The summed E-state index contributed by atoms with van der Waals surface area (Å²) in [6.45, 7) is 4.22. The summed E-state index contributed by atoms with van der Waals surface area (Å²) in [7, 11) is 0. The van der Waals surface area contributed by atoms with E-state index in [0.717, 1.165) is 11.1 Å². The number of amides is 6. The molecule has 2 heterocycles. The van der Waals surface area contributed by atoms with Crippen LogP contribution in [0.4, 0.5) is 21.0 Å². The summed E-state index contributed by atoms with van der Waals surface area (Å²) < 4.78 is 5.97.